The van der Waals surface area contributed by atoms with Crippen molar-refractivity contribution in [2.45, 2.75) is 25.9 Å². The first kappa shape index (κ1) is 18.2. The average Bonchev–Trinajstić information content (AvgIpc) is 3.10. The molecule has 0 bridgehead atoms. The molecule has 6 nitrogen and oxygen atoms in total. The molecule has 1 heterocycles. The van der Waals surface area contributed by atoms with Crippen LogP contribution >= 0.6 is 0 Å². The van der Waals surface area contributed by atoms with E-state index in [1.165, 1.54) is 6.92 Å². The molecule has 0 aliphatic rings. The quantitative estimate of drug-likeness (QED) is 0.657. The lowest BCUT2D eigenvalue weighted by Crippen LogP contribution is -2.30. The Morgan fingerprint density at radius 2 is 1.93 bits per heavy atom. The third-order valence-electron chi connectivity index (χ3n) is 4.23. The summed E-state index contributed by atoms with van der Waals surface area (Å²) >= 11 is 0. The molecular weight excluding hydrogens is 342 g/mol. The van der Waals surface area contributed by atoms with E-state index in [2.05, 4.69) is 10.3 Å². The zero-order chi connectivity index (χ0) is 19.2. The molecule has 1 aromatic heterocycles. The highest BCUT2D eigenvalue weighted by Gasteiger charge is 2.18. The molecule has 0 saturated carbocycles. The molecule has 6 heteroatoms. The van der Waals surface area contributed by atoms with Crippen LogP contribution in [0.15, 0.2) is 54.7 Å². The van der Waals surface area contributed by atoms with Crippen LogP contribution in [-0.4, -0.2) is 23.0 Å². The largest absolute Gasteiger partial charge is 0.453 e. The number of para-hydroxylation sites is 1. The first-order chi connectivity index (χ1) is 13.1. The molecule has 0 unspecified atom stereocenters. The fourth-order valence-corrected chi connectivity index (χ4v) is 2.76. The number of hydrogen-bond donors (Lipinski definition) is 2. The van der Waals surface area contributed by atoms with Gasteiger partial charge in [0.25, 0.3) is 5.91 Å². The van der Waals surface area contributed by atoms with Crippen LogP contribution in [0.4, 0.5) is 5.69 Å². The van der Waals surface area contributed by atoms with Crippen molar-refractivity contribution in [1.29, 1.82) is 5.26 Å². The van der Waals surface area contributed by atoms with Gasteiger partial charge in [-0.05, 0) is 49.2 Å². The Kier molecular flexibility index (Phi) is 5.53. The Morgan fingerprint density at radius 1 is 1.19 bits per heavy atom. The second kappa shape index (κ2) is 8.19. The molecule has 2 N–H and O–H groups in total. The summed E-state index contributed by atoms with van der Waals surface area (Å²) < 4.78 is 5.23. The van der Waals surface area contributed by atoms with Crippen molar-refractivity contribution in [3.8, 4) is 6.07 Å². The Morgan fingerprint density at radius 3 is 2.67 bits per heavy atom. The number of carbonyl (C=O) groups is 2. The molecule has 136 valence electrons. The number of nitriles is 1. The minimum atomic E-state index is -0.906. The van der Waals surface area contributed by atoms with E-state index >= 15 is 0 Å². The van der Waals surface area contributed by atoms with Crippen LogP contribution in [0.3, 0.4) is 0 Å². The summed E-state index contributed by atoms with van der Waals surface area (Å²) in [6.07, 6.45) is 1.71. The molecule has 1 amide bonds. The molecule has 2 aromatic carbocycles. The molecule has 0 saturated heterocycles. The summed E-state index contributed by atoms with van der Waals surface area (Å²) in [4.78, 5) is 27.4. The number of nitrogens with zero attached hydrogens (tertiary/aromatic N) is 1. The first-order valence-corrected chi connectivity index (χ1v) is 8.62. The number of carbonyl (C=O) groups excluding carboxylic acids is 2. The van der Waals surface area contributed by atoms with Gasteiger partial charge in [-0.1, -0.05) is 18.2 Å². The fourth-order valence-electron chi connectivity index (χ4n) is 2.76. The van der Waals surface area contributed by atoms with Crippen molar-refractivity contribution in [3.63, 3.8) is 0 Å². The smallest absolute Gasteiger partial charge is 0.306 e. The second-order valence-corrected chi connectivity index (χ2v) is 6.17. The molecule has 3 rings (SSSR count). The van der Waals surface area contributed by atoms with Crippen LogP contribution in [-0.2, 0) is 20.7 Å². The van der Waals surface area contributed by atoms with E-state index < -0.39 is 18.0 Å². The zero-order valence-corrected chi connectivity index (χ0v) is 14.9. The monoisotopic (exact) mass is 361 g/mol. The Balaban J connectivity index is 1.50. The van der Waals surface area contributed by atoms with Crippen LogP contribution in [0, 0.1) is 11.3 Å². The highest BCUT2D eigenvalue weighted by atomic mass is 16.5. The topological polar surface area (TPSA) is 95.0 Å². The van der Waals surface area contributed by atoms with Gasteiger partial charge in [-0.25, -0.2) is 0 Å². The summed E-state index contributed by atoms with van der Waals surface area (Å²) in [5.74, 6) is -0.845. The van der Waals surface area contributed by atoms with Gasteiger partial charge in [-0.15, -0.1) is 0 Å². The number of aromatic nitrogens is 1. The Bertz CT molecular complexity index is 999. The van der Waals surface area contributed by atoms with Crippen LogP contribution < -0.4 is 5.32 Å². The van der Waals surface area contributed by atoms with E-state index in [-0.39, 0.29) is 6.42 Å². The Labute approximate surface area is 156 Å². The van der Waals surface area contributed by atoms with Crippen molar-refractivity contribution in [3.05, 3.63) is 65.9 Å². The number of rotatable bonds is 6. The predicted molar refractivity (Wildman–Crippen MR) is 102 cm³/mol. The van der Waals surface area contributed by atoms with Crippen molar-refractivity contribution in [1.82, 2.24) is 4.98 Å². The number of aryl methyl sites for hydroxylation is 1. The number of H-pyrrole nitrogens is 1. The van der Waals surface area contributed by atoms with Gasteiger partial charge < -0.3 is 15.0 Å². The number of esters is 1. The van der Waals surface area contributed by atoms with E-state index in [1.54, 1.807) is 24.3 Å². The third kappa shape index (κ3) is 4.53. The van der Waals surface area contributed by atoms with Gasteiger partial charge in [0.1, 0.15) is 0 Å². The molecular formula is C21H19N3O3. The van der Waals surface area contributed by atoms with Crippen molar-refractivity contribution in [2.75, 3.05) is 5.32 Å². The fraction of sp³-hybridized carbons (Fsp3) is 0.190. The van der Waals surface area contributed by atoms with E-state index in [9.17, 15) is 9.59 Å². The number of ether oxygens (including phenoxy) is 1. The van der Waals surface area contributed by atoms with Crippen LogP contribution in [0.5, 0.6) is 0 Å². The van der Waals surface area contributed by atoms with Crippen LogP contribution in [0.1, 0.15) is 24.5 Å². The molecule has 3 aromatic rings. The Hall–Kier alpha value is -3.59. The van der Waals surface area contributed by atoms with E-state index in [4.69, 9.17) is 10.00 Å². The summed E-state index contributed by atoms with van der Waals surface area (Å²) in [7, 11) is 0. The molecule has 0 aliphatic carbocycles. The SMILES string of the molecule is C[C@H](OC(=O)CCc1c[nH]c2ccccc12)C(=O)Nc1ccc(C#N)cc1. The van der Waals surface area contributed by atoms with E-state index in [1.807, 2.05) is 36.5 Å². The summed E-state index contributed by atoms with van der Waals surface area (Å²) in [6, 6.07) is 16.4. The number of benzene rings is 2. The molecule has 0 aliphatic heterocycles. The highest BCUT2D eigenvalue weighted by Crippen LogP contribution is 2.19. The maximum atomic E-state index is 12.2. The van der Waals surface area contributed by atoms with E-state index in [0.717, 1.165) is 16.5 Å². The standard InChI is InChI=1S/C21H19N3O3/c1-14(21(26)24-17-9-6-15(12-22)7-10-17)27-20(25)11-8-16-13-23-19-5-3-2-4-18(16)19/h2-7,9-10,13-14,23H,8,11H2,1H3,(H,24,26)/t14-/m0/s1. The number of aromatic amines is 1. The number of amides is 1. The number of hydrogen-bond acceptors (Lipinski definition) is 4. The van der Waals surface area contributed by atoms with Crippen molar-refractivity contribution < 1.29 is 14.3 Å². The third-order valence-corrected chi connectivity index (χ3v) is 4.23. The van der Waals surface area contributed by atoms with Gasteiger partial charge in [-0.2, -0.15) is 5.26 Å². The summed E-state index contributed by atoms with van der Waals surface area (Å²) in [5.41, 5.74) is 3.11. The van der Waals surface area contributed by atoms with E-state index in [0.29, 0.717) is 17.7 Å². The van der Waals surface area contributed by atoms with Crippen LogP contribution in [0.25, 0.3) is 10.9 Å². The molecule has 0 spiro atoms. The van der Waals surface area contributed by atoms with Crippen molar-refractivity contribution >= 4 is 28.5 Å². The zero-order valence-electron chi connectivity index (χ0n) is 14.9. The lowest BCUT2D eigenvalue weighted by molar-refractivity contribution is -0.153. The second-order valence-electron chi connectivity index (χ2n) is 6.17. The average molecular weight is 361 g/mol. The number of anilines is 1. The first-order valence-electron chi connectivity index (χ1n) is 8.62. The maximum Gasteiger partial charge on any atom is 0.306 e. The minimum Gasteiger partial charge on any atom is -0.453 e. The van der Waals surface area contributed by atoms with Gasteiger partial charge in [0.2, 0.25) is 0 Å². The van der Waals surface area contributed by atoms with Gasteiger partial charge in [0.15, 0.2) is 6.10 Å². The predicted octanol–water partition coefficient (Wildman–Crippen LogP) is 3.54. The summed E-state index contributed by atoms with van der Waals surface area (Å²) in [5, 5.41) is 12.5. The van der Waals surface area contributed by atoms with Gasteiger partial charge in [-0.3, -0.25) is 9.59 Å². The number of nitrogens with one attached hydrogen (secondary N) is 2. The molecule has 0 radical (unpaired) electrons. The highest BCUT2D eigenvalue weighted by molar-refractivity contribution is 5.95. The normalized spacial score (nSPS) is 11.6. The molecule has 27 heavy (non-hydrogen) atoms. The lowest BCUT2D eigenvalue weighted by atomic mass is 10.1. The van der Waals surface area contributed by atoms with Gasteiger partial charge in [0.05, 0.1) is 11.6 Å². The minimum absolute atomic E-state index is 0.191. The van der Waals surface area contributed by atoms with Gasteiger partial charge in [0, 0.05) is 29.2 Å². The molecule has 0 fully saturated rings. The van der Waals surface area contributed by atoms with Crippen LogP contribution in [0.2, 0.25) is 0 Å². The molecule has 1 atom stereocenters. The van der Waals surface area contributed by atoms with Gasteiger partial charge >= 0.3 is 5.97 Å². The number of fused-ring (bicyclic) bond motifs is 1. The van der Waals surface area contributed by atoms with Crippen molar-refractivity contribution in [2.24, 2.45) is 0 Å². The summed E-state index contributed by atoms with van der Waals surface area (Å²) in [6.45, 7) is 1.53. The maximum absolute atomic E-state index is 12.2. The lowest BCUT2D eigenvalue weighted by Gasteiger charge is -2.13.